The third-order valence-electron chi connectivity index (χ3n) is 3.56. The molecule has 1 aromatic heterocycles. The number of rotatable bonds is 6. The Morgan fingerprint density at radius 1 is 1.39 bits per heavy atom. The molecule has 0 unspecified atom stereocenters. The lowest BCUT2D eigenvalue weighted by molar-refractivity contribution is -0.00545. The highest BCUT2D eigenvalue weighted by Crippen LogP contribution is 2.19. The van der Waals surface area contributed by atoms with Gasteiger partial charge in [0.15, 0.2) is 0 Å². The fraction of sp³-hybridized carbons (Fsp3) is 0.625. The third kappa shape index (κ3) is 5.69. The van der Waals surface area contributed by atoms with Gasteiger partial charge in [0.1, 0.15) is 5.82 Å². The molecule has 1 saturated heterocycles. The highest BCUT2D eigenvalue weighted by Gasteiger charge is 2.22. The van der Waals surface area contributed by atoms with Crippen molar-refractivity contribution in [1.29, 1.82) is 0 Å². The minimum Gasteiger partial charge on any atom is -0.385 e. The molecule has 7 nitrogen and oxygen atoms in total. The van der Waals surface area contributed by atoms with Gasteiger partial charge in [-0.15, -0.1) is 0 Å². The Bertz CT molecular complexity index is 485. The average Bonchev–Trinajstić information content (AvgIpc) is 2.51. The number of pyridine rings is 1. The monoisotopic (exact) mass is 322 g/mol. The number of carbonyl (C=O) groups excluding carboxylic acids is 1. The number of nitrogens with zero attached hydrogens (tertiary/aromatic N) is 2. The van der Waals surface area contributed by atoms with Crippen LogP contribution in [0.4, 0.5) is 16.3 Å². The van der Waals surface area contributed by atoms with Crippen LogP contribution in [0.15, 0.2) is 18.3 Å². The van der Waals surface area contributed by atoms with Gasteiger partial charge in [0.05, 0.1) is 24.1 Å². The largest absolute Gasteiger partial charge is 0.385 e. The fourth-order valence-electron chi connectivity index (χ4n) is 2.61. The zero-order chi connectivity index (χ0) is 16.7. The standard InChI is InChI=1S/C16H26N4O3/c1-12-10-20(11-13(2)23-12)15-6-5-14(9-18-15)19-16(21)17-7-4-8-22-3/h5-6,9,12-13H,4,7-8,10-11H2,1-3H3,(H2,17,19,21)/t12-,13-/m1/s1. The summed E-state index contributed by atoms with van der Waals surface area (Å²) in [6, 6.07) is 3.55. The van der Waals surface area contributed by atoms with Gasteiger partial charge in [-0.3, -0.25) is 0 Å². The third-order valence-corrected chi connectivity index (χ3v) is 3.56. The van der Waals surface area contributed by atoms with Crippen LogP contribution in [-0.2, 0) is 9.47 Å². The summed E-state index contributed by atoms with van der Waals surface area (Å²) >= 11 is 0. The zero-order valence-corrected chi connectivity index (χ0v) is 14.0. The molecule has 1 fully saturated rings. The van der Waals surface area contributed by atoms with Crippen molar-refractivity contribution >= 4 is 17.5 Å². The first kappa shape index (κ1) is 17.5. The van der Waals surface area contributed by atoms with Crippen LogP contribution in [0.1, 0.15) is 20.3 Å². The Hall–Kier alpha value is -1.86. The second kappa shape index (κ2) is 8.69. The fourth-order valence-corrected chi connectivity index (χ4v) is 2.61. The summed E-state index contributed by atoms with van der Waals surface area (Å²) in [4.78, 5) is 18.4. The lowest BCUT2D eigenvalue weighted by Gasteiger charge is -2.36. The first-order chi connectivity index (χ1) is 11.1. The van der Waals surface area contributed by atoms with Gasteiger partial charge in [-0.2, -0.15) is 0 Å². The molecule has 128 valence electrons. The summed E-state index contributed by atoms with van der Waals surface area (Å²) in [7, 11) is 1.64. The molecule has 0 aliphatic carbocycles. The Balaban J connectivity index is 1.83. The van der Waals surface area contributed by atoms with E-state index >= 15 is 0 Å². The lowest BCUT2D eigenvalue weighted by atomic mass is 10.2. The van der Waals surface area contributed by atoms with E-state index < -0.39 is 0 Å². The normalized spacial score (nSPS) is 21.1. The van der Waals surface area contributed by atoms with Gasteiger partial charge in [0.2, 0.25) is 0 Å². The second-order valence-corrected chi connectivity index (χ2v) is 5.79. The smallest absolute Gasteiger partial charge is 0.319 e. The van der Waals surface area contributed by atoms with Gasteiger partial charge in [0, 0.05) is 33.4 Å². The van der Waals surface area contributed by atoms with E-state index in [-0.39, 0.29) is 18.2 Å². The van der Waals surface area contributed by atoms with E-state index in [0.717, 1.165) is 25.3 Å². The van der Waals surface area contributed by atoms with E-state index in [0.29, 0.717) is 18.8 Å². The van der Waals surface area contributed by atoms with Crippen molar-refractivity contribution in [2.75, 3.05) is 43.6 Å². The second-order valence-electron chi connectivity index (χ2n) is 5.79. The molecule has 2 rings (SSSR count). The number of hydrogen-bond donors (Lipinski definition) is 2. The van der Waals surface area contributed by atoms with Crippen LogP contribution >= 0.6 is 0 Å². The van der Waals surface area contributed by atoms with Crippen LogP contribution in [-0.4, -0.2) is 56.6 Å². The molecule has 0 bridgehead atoms. The molecular formula is C16H26N4O3. The number of aromatic nitrogens is 1. The van der Waals surface area contributed by atoms with Gasteiger partial charge in [-0.1, -0.05) is 0 Å². The SMILES string of the molecule is COCCCNC(=O)Nc1ccc(N2C[C@@H](C)O[C@H](C)C2)nc1. The molecule has 23 heavy (non-hydrogen) atoms. The summed E-state index contributed by atoms with van der Waals surface area (Å²) < 4.78 is 10.7. The number of hydrogen-bond acceptors (Lipinski definition) is 5. The van der Waals surface area contributed by atoms with Crippen molar-refractivity contribution in [2.24, 2.45) is 0 Å². The zero-order valence-electron chi connectivity index (χ0n) is 14.0. The van der Waals surface area contributed by atoms with Gasteiger partial charge in [-0.25, -0.2) is 9.78 Å². The molecule has 2 amide bonds. The van der Waals surface area contributed by atoms with Crippen LogP contribution in [0, 0.1) is 0 Å². The molecule has 0 spiro atoms. The molecule has 2 N–H and O–H groups in total. The van der Waals surface area contributed by atoms with Gasteiger partial charge in [-0.05, 0) is 32.4 Å². The topological polar surface area (TPSA) is 75.7 Å². The molecule has 0 aromatic carbocycles. The average molecular weight is 322 g/mol. The van der Waals surface area contributed by atoms with Crippen molar-refractivity contribution < 1.29 is 14.3 Å². The van der Waals surface area contributed by atoms with E-state index in [4.69, 9.17) is 9.47 Å². The van der Waals surface area contributed by atoms with Crippen molar-refractivity contribution in [3.8, 4) is 0 Å². The number of carbonyl (C=O) groups is 1. The Labute approximate surface area is 137 Å². The molecule has 1 aromatic rings. The van der Waals surface area contributed by atoms with Crippen LogP contribution < -0.4 is 15.5 Å². The van der Waals surface area contributed by atoms with E-state index in [2.05, 4.69) is 34.4 Å². The minimum absolute atomic E-state index is 0.191. The first-order valence-corrected chi connectivity index (χ1v) is 7.98. The molecule has 2 atom stereocenters. The maximum Gasteiger partial charge on any atom is 0.319 e. The molecule has 7 heteroatoms. The lowest BCUT2D eigenvalue weighted by Crippen LogP contribution is -2.45. The Kier molecular flexibility index (Phi) is 6.61. The van der Waals surface area contributed by atoms with Crippen molar-refractivity contribution in [2.45, 2.75) is 32.5 Å². The number of methoxy groups -OCH3 is 1. The van der Waals surface area contributed by atoms with Gasteiger partial charge < -0.3 is 25.0 Å². The quantitative estimate of drug-likeness (QED) is 0.782. The van der Waals surface area contributed by atoms with Crippen molar-refractivity contribution in [3.05, 3.63) is 18.3 Å². The van der Waals surface area contributed by atoms with Crippen molar-refractivity contribution in [1.82, 2.24) is 10.3 Å². The number of anilines is 2. The first-order valence-electron chi connectivity index (χ1n) is 7.98. The van der Waals surface area contributed by atoms with Gasteiger partial charge in [0.25, 0.3) is 0 Å². The predicted octanol–water partition coefficient (Wildman–Crippen LogP) is 1.85. The molecule has 0 radical (unpaired) electrons. The number of urea groups is 1. The van der Waals surface area contributed by atoms with E-state index in [1.165, 1.54) is 0 Å². The number of amides is 2. The molecular weight excluding hydrogens is 296 g/mol. The minimum atomic E-state index is -0.232. The van der Waals surface area contributed by atoms with Crippen LogP contribution in [0.5, 0.6) is 0 Å². The van der Waals surface area contributed by atoms with Crippen LogP contribution in [0.25, 0.3) is 0 Å². The summed E-state index contributed by atoms with van der Waals surface area (Å²) in [6.07, 6.45) is 2.84. The summed E-state index contributed by atoms with van der Waals surface area (Å²) in [5.74, 6) is 0.901. The van der Waals surface area contributed by atoms with Crippen LogP contribution in [0.3, 0.4) is 0 Å². The summed E-state index contributed by atoms with van der Waals surface area (Å²) in [5.41, 5.74) is 0.673. The predicted molar refractivity (Wildman–Crippen MR) is 90.0 cm³/mol. The number of morpholine rings is 1. The Morgan fingerprint density at radius 2 is 2.13 bits per heavy atom. The van der Waals surface area contributed by atoms with E-state index in [1.54, 1.807) is 13.3 Å². The van der Waals surface area contributed by atoms with E-state index in [9.17, 15) is 4.79 Å². The van der Waals surface area contributed by atoms with E-state index in [1.807, 2.05) is 12.1 Å². The van der Waals surface area contributed by atoms with Crippen molar-refractivity contribution in [3.63, 3.8) is 0 Å². The van der Waals surface area contributed by atoms with Crippen LogP contribution in [0.2, 0.25) is 0 Å². The maximum atomic E-state index is 11.7. The summed E-state index contributed by atoms with van der Waals surface area (Å²) in [5, 5.41) is 5.54. The molecule has 1 aliphatic rings. The molecule has 0 saturated carbocycles. The maximum absolute atomic E-state index is 11.7. The number of nitrogens with one attached hydrogen (secondary N) is 2. The summed E-state index contributed by atoms with van der Waals surface area (Å²) in [6.45, 7) is 6.98. The number of ether oxygens (including phenoxy) is 2. The Morgan fingerprint density at radius 3 is 2.74 bits per heavy atom. The highest BCUT2D eigenvalue weighted by atomic mass is 16.5. The van der Waals surface area contributed by atoms with Gasteiger partial charge >= 0.3 is 6.03 Å². The molecule has 2 heterocycles. The highest BCUT2D eigenvalue weighted by molar-refractivity contribution is 5.89. The molecule has 1 aliphatic heterocycles.